The first-order valence-electron chi connectivity index (χ1n) is 5.12. The Morgan fingerprint density at radius 3 is 2.76 bits per heavy atom. The Bertz CT molecular complexity index is 422. The molecule has 0 aromatic heterocycles. The van der Waals surface area contributed by atoms with Crippen LogP contribution in [-0.4, -0.2) is 17.8 Å². The summed E-state index contributed by atoms with van der Waals surface area (Å²) in [6.07, 6.45) is 1.59. The summed E-state index contributed by atoms with van der Waals surface area (Å²) in [5.74, 6) is -0.288. The number of carbonyl (C=O) groups excluding carboxylic acids is 1. The van der Waals surface area contributed by atoms with E-state index in [-0.39, 0.29) is 5.97 Å². The molecule has 0 spiro atoms. The van der Waals surface area contributed by atoms with E-state index in [0.29, 0.717) is 11.6 Å². The van der Waals surface area contributed by atoms with Gasteiger partial charge in [0.2, 0.25) is 0 Å². The molecule has 0 amide bonds. The maximum absolute atomic E-state index is 11.6. The second-order valence-corrected chi connectivity index (χ2v) is 4.77. The van der Waals surface area contributed by atoms with Gasteiger partial charge in [0, 0.05) is 9.92 Å². The Hall–Kier alpha value is -1.15. The van der Waals surface area contributed by atoms with Crippen molar-refractivity contribution in [3.8, 4) is 0 Å². The Labute approximate surface area is 110 Å². The van der Waals surface area contributed by atoms with Gasteiger partial charge in [-0.15, -0.1) is 17.5 Å². The zero-order valence-corrected chi connectivity index (χ0v) is 11.1. The van der Waals surface area contributed by atoms with Gasteiger partial charge in [-0.3, -0.25) is 4.79 Å². The minimum absolute atomic E-state index is 0.288. The highest BCUT2D eigenvalue weighted by Gasteiger charge is 2.17. The Morgan fingerprint density at radius 1 is 1.59 bits per heavy atom. The second kappa shape index (κ2) is 7.23. The summed E-state index contributed by atoms with van der Waals surface area (Å²) >= 11 is 7.17. The lowest BCUT2D eigenvalue weighted by atomic mass is 10.4. The van der Waals surface area contributed by atoms with Crippen LogP contribution in [0.15, 0.2) is 47.5 Å². The maximum Gasteiger partial charge on any atom is 0.323 e. The van der Waals surface area contributed by atoms with Crippen molar-refractivity contribution in [3.05, 3.63) is 47.7 Å². The van der Waals surface area contributed by atoms with Crippen molar-refractivity contribution in [1.29, 1.82) is 0 Å². The van der Waals surface area contributed by atoms with E-state index in [1.807, 2.05) is 12.1 Å². The van der Waals surface area contributed by atoms with Gasteiger partial charge >= 0.3 is 5.97 Å². The third-order valence-corrected chi connectivity index (χ3v) is 3.24. The third kappa shape index (κ3) is 4.70. The quantitative estimate of drug-likeness (QED) is 0.463. The van der Waals surface area contributed by atoms with Crippen LogP contribution in [0.3, 0.4) is 0 Å². The van der Waals surface area contributed by atoms with E-state index in [1.165, 1.54) is 11.8 Å². The normalized spacial score (nSPS) is 11.4. The molecule has 1 unspecified atom stereocenters. The van der Waals surface area contributed by atoms with Gasteiger partial charge in [0.05, 0.1) is 6.61 Å². The van der Waals surface area contributed by atoms with Crippen LogP contribution >= 0.6 is 23.4 Å². The first-order valence-corrected chi connectivity index (χ1v) is 6.38. The van der Waals surface area contributed by atoms with E-state index < -0.39 is 5.25 Å². The van der Waals surface area contributed by atoms with Crippen LogP contribution in [0, 0.1) is 0 Å². The predicted octanol–water partition coefficient (Wildman–Crippen LogP) is 3.70. The van der Waals surface area contributed by atoms with E-state index in [1.54, 1.807) is 25.1 Å². The van der Waals surface area contributed by atoms with E-state index in [0.717, 1.165) is 4.90 Å². The van der Waals surface area contributed by atoms with Crippen molar-refractivity contribution >= 4 is 29.3 Å². The van der Waals surface area contributed by atoms with Crippen LogP contribution in [0.25, 0.3) is 0 Å². The van der Waals surface area contributed by atoms with E-state index in [4.69, 9.17) is 16.3 Å². The zero-order valence-electron chi connectivity index (χ0n) is 9.48. The smallest absolute Gasteiger partial charge is 0.323 e. The van der Waals surface area contributed by atoms with Crippen molar-refractivity contribution in [2.24, 2.45) is 0 Å². The standard InChI is InChI=1S/C13H13ClO2S/c1-3-5-12(13(15)16-4-2)17-11-8-6-10(14)7-9-11/h5-9,12H,1,4H2,2H3. The van der Waals surface area contributed by atoms with Gasteiger partial charge < -0.3 is 4.74 Å². The SMILES string of the molecule is C=C=CC(Sc1ccc(Cl)cc1)C(=O)OCC. The van der Waals surface area contributed by atoms with Crippen LogP contribution in [0.4, 0.5) is 0 Å². The van der Waals surface area contributed by atoms with Crippen molar-refractivity contribution < 1.29 is 9.53 Å². The number of benzene rings is 1. The summed E-state index contributed by atoms with van der Waals surface area (Å²) in [6.45, 7) is 5.62. The number of halogens is 1. The molecule has 17 heavy (non-hydrogen) atoms. The summed E-state index contributed by atoms with van der Waals surface area (Å²) in [5.41, 5.74) is 2.62. The van der Waals surface area contributed by atoms with E-state index in [2.05, 4.69) is 12.3 Å². The zero-order chi connectivity index (χ0) is 12.7. The maximum atomic E-state index is 11.6. The first-order chi connectivity index (χ1) is 8.17. The molecule has 1 aromatic rings. The van der Waals surface area contributed by atoms with Crippen molar-refractivity contribution in [1.82, 2.24) is 0 Å². The molecule has 0 saturated carbocycles. The molecule has 1 atom stereocenters. The van der Waals surface area contributed by atoms with Gasteiger partial charge in [-0.2, -0.15) is 0 Å². The number of esters is 1. The number of hydrogen-bond acceptors (Lipinski definition) is 3. The van der Waals surface area contributed by atoms with Crippen molar-refractivity contribution in [2.75, 3.05) is 6.61 Å². The molecule has 1 rings (SSSR count). The summed E-state index contributed by atoms with van der Waals surface area (Å²) in [4.78, 5) is 12.6. The lowest BCUT2D eigenvalue weighted by molar-refractivity contribution is -0.141. The largest absolute Gasteiger partial charge is 0.465 e. The predicted molar refractivity (Wildman–Crippen MR) is 71.4 cm³/mol. The summed E-state index contributed by atoms with van der Waals surface area (Å²) in [5, 5.41) is 0.245. The second-order valence-electron chi connectivity index (χ2n) is 3.12. The van der Waals surface area contributed by atoms with Gasteiger partial charge in [-0.1, -0.05) is 18.2 Å². The third-order valence-electron chi connectivity index (χ3n) is 1.86. The number of ether oxygens (including phenoxy) is 1. The molecule has 2 nitrogen and oxygen atoms in total. The molecule has 0 aliphatic carbocycles. The minimum Gasteiger partial charge on any atom is -0.465 e. The topological polar surface area (TPSA) is 26.3 Å². The fraction of sp³-hybridized carbons (Fsp3) is 0.231. The Morgan fingerprint density at radius 2 is 2.24 bits per heavy atom. The monoisotopic (exact) mass is 268 g/mol. The average Bonchev–Trinajstić information content (AvgIpc) is 2.31. The number of rotatable bonds is 5. The van der Waals surface area contributed by atoms with E-state index in [9.17, 15) is 4.79 Å². The van der Waals surface area contributed by atoms with Gasteiger partial charge in [-0.25, -0.2) is 0 Å². The number of thioether (sulfide) groups is 1. The molecule has 0 heterocycles. The van der Waals surface area contributed by atoms with E-state index >= 15 is 0 Å². The molecule has 90 valence electrons. The summed E-state index contributed by atoms with van der Waals surface area (Å²) < 4.78 is 4.97. The van der Waals surface area contributed by atoms with Crippen molar-refractivity contribution in [2.45, 2.75) is 17.1 Å². The van der Waals surface area contributed by atoms with Gasteiger partial charge in [0.25, 0.3) is 0 Å². The molecule has 1 aromatic carbocycles. The number of hydrogen-bond donors (Lipinski definition) is 0. The fourth-order valence-electron chi connectivity index (χ4n) is 1.14. The highest BCUT2D eigenvalue weighted by Crippen LogP contribution is 2.26. The molecule has 0 aliphatic heterocycles. The van der Waals surface area contributed by atoms with Gasteiger partial charge in [0.1, 0.15) is 5.25 Å². The highest BCUT2D eigenvalue weighted by molar-refractivity contribution is 8.00. The van der Waals surface area contributed by atoms with Crippen LogP contribution in [-0.2, 0) is 9.53 Å². The number of carbonyl (C=O) groups is 1. The minimum atomic E-state index is -0.423. The van der Waals surface area contributed by atoms with Crippen LogP contribution in [0.1, 0.15) is 6.92 Å². The molecule has 0 N–H and O–H groups in total. The molecular weight excluding hydrogens is 256 g/mol. The molecule has 0 saturated heterocycles. The molecule has 4 heteroatoms. The first kappa shape index (κ1) is 13.9. The van der Waals surface area contributed by atoms with Crippen LogP contribution < -0.4 is 0 Å². The van der Waals surface area contributed by atoms with Crippen LogP contribution in [0.2, 0.25) is 5.02 Å². The molecule has 0 aliphatic rings. The Kier molecular flexibility index (Phi) is 5.92. The summed E-state index contributed by atoms with van der Waals surface area (Å²) in [6, 6.07) is 7.28. The van der Waals surface area contributed by atoms with Crippen LogP contribution in [0.5, 0.6) is 0 Å². The average molecular weight is 269 g/mol. The molecule has 0 radical (unpaired) electrons. The van der Waals surface area contributed by atoms with Crippen molar-refractivity contribution in [3.63, 3.8) is 0 Å². The lowest BCUT2D eigenvalue weighted by Crippen LogP contribution is -2.17. The molecule has 0 fully saturated rings. The van der Waals surface area contributed by atoms with Gasteiger partial charge in [0.15, 0.2) is 0 Å². The summed E-state index contributed by atoms with van der Waals surface area (Å²) in [7, 11) is 0. The Balaban J connectivity index is 2.76. The highest BCUT2D eigenvalue weighted by atomic mass is 35.5. The molecular formula is C13H13ClO2S. The van der Waals surface area contributed by atoms with Gasteiger partial charge in [-0.05, 0) is 37.3 Å². The lowest BCUT2D eigenvalue weighted by Gasteiger charge is -2.10. The molecule has 0 bridgehead atoms. The fourth-order valence-corrected chi connectivity index (χ4v) is 2.18.